The van der Waals surface area contributed by atoms with Crippen LogP contribution in [0.5, 0.6) is 5.75 Å². The normalized spacial score (nSPS) is 13.2. The molecule has 0 spiro atoms. The Hall–Kier alpha value is -1.90. The summed E-state index contributed by atoms with van der Waals surface area (Å²) in [5, 5.41) is 0. The summed E-state index contributed by atoms with van der Waals surface area (Å²) < 4.78 is 48.5. The van der Waals surface area contributed by atoms with Crippen molar-refractivity contribution in [2.75, 3.05) is 27.2 Å². The van der Waals surface area contributed by atoms with E-state index in [4.69, 9.17) is 4.74 Å². The van der Waals surface area contributed by atoms with Gasteiger partial charge in [-0.3, -0.25) is 4.90 Å². The van der Waals surface area contributed by atoms with Gasteiger partial charge in [0.15, 0.2) is 11.6 Å². The summed E-state index contributed by atoms with van der Waals surface area (Å²) in [4.78, 5) is 1.80. The molecule has 25 heavy (non-hydrogen) atoms. The number of halogens is 1. The van der Waals surface area contributed by atoms with E-state index >= 15 is 0 Å². The van der Waals surface area contributed by atoms with Crippen LogP contribution in [0.2, 0.25) is 0 Å². The maximum atomic E-state index is 13.9. The highest BCUT2D eigenvalue weighted by atomic mass is 32.2. The first-order valence-electron chi connectivity index (χ1n) is 7.96. The minimum Gasteiger partial charge on any atom is -0.491 e. The molecule has 1 aromatic heterocycles. The Morgan fingerprint density at radius 2 is 2.04 bits per heavy atom. The molecule has 1 N–H and O–H groups in total. The smallest absolute Gasteiger partial charge is 0.240 e. The lowest BCUT2D eigenvalue weighted by atomic mass is 10.2. The summed E-state index contributed by atoms with van der Waals surface area (Å²) >= 11 is 0. The largest absolute Gasteiger partial charge is 0.491 e. The molecular formula is C17H24FN3O3S. The lowest BCUT2D eigenvalue weighted by Gasteiger charge is -2.25. The lowest BCUT2D eigenvalue weighted by molar-refractivity contribution is 0.289. The van der Waals surface area contributed by atoms with Crippen LogP contribution in [0.1, 0.15) is 18.7 Å². The van der Waals surface area contributed by atoms with Gasteiger partial charge in [-0.15, -0.1) is 0 Å². The third-order valence-electron chi connectivity index (χ3n) is 3.93. The molecule has 1 atom stereocenters. The quantitative estimate of drug-likeness (QED) is 0.774. The maximum absolute atomic E-state index is 13.9. The monoisotopic (exact) mass is 369 g/mol. The number of ether oxygens (including phenoxy) is 1. The second-order valence-electron chi connectivity index (χ2n) is 5.90. The van der Waals surface area contributed by atoms with Crippen molar-refractivity contribution < 1.29 is 17.5 Å². The van der Waals surface area contributed by atoms with Crippen molar-refractivity contribution in [3.05, 3.63) is 48.0 Å². The van der Waals surface area contributed by atoms with Crippen LogP contribution in [0, 0.1) is 5.82 Å². The molecule has 138 valence electrons. The van der Waals surface area contributed by atoms with Crippen LogP contribution in [0.3, 0.4) is 0 Å². The van der Waals surface area contributed by atoms with E-state index in [0.717, 1.165) is 11.8 Å². The fourth-order valence-electron chi connectivity index (χ4n) is 2.57. The van der Waals surface area contributed by atoms with E-state index in [1.54, 1.807) is 6.92 Å². The van der Waals surface area contributed by atoms with Gasteiger partial charge in [0.2, 0.25) is 10.0 Å². The Balaban J connectivity index is 2.17. The maximum Gasteiger partial charge on any atom is 0.240 e. The second kappa shape index (κ2) is 7.99. The van der Waals surface area contributed by atoms with E-state index in [0.29, 0.717) is 6.61 Å². The van der Waals surface area contributed by atoms with Gasteiger partial charge in [0, 0.05) is 25.5 Å². The molecule has 1 heterocycles. The Morgan fingerprint density at radius 3 is 2.56 bits per heavy atom. The van der Waals surface area contributed by atoms with Gasteiger partial charge in [-0.05, 0) is 51.4 Å². The van der Waals surface area contributed by atoms with Crippen molar-refractivity contribution in [1.82, 2.24) is 14.2 Å². The number of aryl methyl sites for hydroxylation is 1. The number of hydrogen-bond donors (Lipinski definition) is 1. The number of sulfonamides is 1. The molecular weight excluding hydrogens is 345 g/mol. The number of aromatic nitrogens is 1. The van der Waals surface area contributed by atoms with Crippen LogP contribution >= 0.6 is 0 Å². The van der Waals surface area contributed by atoms with E-state index in [2.05, 4.69) is 4.72 Å². The van der Waals surface area contributed by atoms with Crippen LogP contribution < -0.4 is 9.46 Å². The molecule has 1 aromatic carbocycles. The number of rotatable bonds is 8. The minimum atomic E-state index is -3.83. The van der Waals surface area contributed by atoms with Crippen LogP contribution in [0.15, 0.2) is 41.4 Å². The van der Waals surface area contributed by atoms with E-state index in [1.807, 2.05) is 48.9 Å². The Morgan fingerprint density at radius 1 is 1.32 bits per heavy atom. The van der Waals surface area contributed by atoms with Crippen molar-refractivity contribution in [3.8, 4) is 5.75 Å². The van der Waals surface area contributed by atoms with Gasteiger partial charge in [-0.1, -0.05) is 0 Å². The first-order valence-corrected chi connectivity index (χ1v) is 9.44. The predicted molar refractivity (Wildman–Crippen MR) is 94.6 cm³/mol. The predicted octanol–water partition coefficient (Wildman–Crippen LogP) is 2.14. The average Bonchev–Trinajstić information content (AvgIpc) is 2.95. The lowest BCUT2D eigenvalue weighted by Crippen LogP contribution is -2.35. The van der Waals surface area contributed by atoms with E-state index in [1.165, 1.54) is 12.1 Å². The standard InChI is InChI=1S/C17H24FN3O3S/c1-5-24-17-9-8-13(11-14(17)18)25(22,23)19-12-16(20(2)3)15-7-6-10-21(15)4/h6-11,16,19H,5,12H2,1-4H3. The molecule has 0 aliphatic carbocycles. The molecule has 0 radical (unpaired) electrons. The molecule has 2 rings (SSSR count). The van der Waals surface area contributed by atoms with Gasteiger partial charge < -0.3 is 9.30 Å². The summed E-state index contributed by atoms with van der Waals surface area (Å²) in [6.07, 6.45) is 1.90. The van der Waals surface area contributed by atoms with Gasteiger partial charge in [-0.25, -0.2) is 17.5 Å². The summed E-state index contributed by atoms with van der Waals surface area (Å²) in [7, 11) is 1.83. The number of nitrogens with one attached hydrogen (secondary N) is 1. The molecule has 0 fully saturated rings. The molecule has 0 saturated carbocycles. The van der Waals surface area contributed by atoms with Gasteiger partial charge in [0.1, 0.15) is 0 Å². The minimum absolute atomic E-state index is 0.0384. The van der Waals surface area contributed by atoms with Crippen LogP contribution in [0.25, 0.3) is 0 Å². The van der Waals surface area contributed by atoms with Crippen molar-refractivity contribution in [2.45, 2.75) is 17.9 Å². The SMILES string of the molecule is CCOc1ccc(S(=O)(=O)NCC(c2cccn2C)N(C)C)cc1F. The van der Waals surface area contributed by atoms with Crippen LogP contribution in [0.4, 0.5) is 4.39 Å². The highest BCUT2D eigenvalue weighted by Gasteiger charge is 2.22. The molecule has 0 amide bonds. The van der Waals surface area contributed by atoms with Crippen molar-refractivity contribution in [2.24, 2.45) is 7.05 Å². The highest BCUT2D eigenvalue weighted by Crippen LogP contribution is 2.22. The molecule has 0 aliphatic heterocycles. The fourth-order valence-corrected chi connectivity index (χ4v) is 3.62. The summed E-state index contributed by atoms with van der Waals surface area (Å²) in [6, 6.07) is 7.33. The van der Waals surface area contributed by atoms with E-state index in [9.17, 15) is 12.8 Å². The number of hydrogen-bond acceptors (Lipinski definition) is 4. The first-order chi connectivity index (χ1) is 11.8. The Kier molecular flexibility index (Phi) is 6.21. The summed E-state index contributed by atoms with van der Waals surface area (Å²) in [5.41, 5.74) is 0.977. The van der Waals surface area contributed by atoms with Gasteiger partial charge in [0.05, 0.1) is 17.5 Å². The van der Waals surface area contributed by atoms with Crippen molar-refractivity contribution in [3.63, 3.8) is 0 Å². The second-order valence-corrected chi connectivity index (χ2v) is 7.67. The van der Waals surface area contributed by atoms with Gasteiger partial charge in [0.25, 0.3) is 0 Å². The number of benzene rings is 1. The highest BCUT2D eigenvalue weighted by molar-refractivity contribution is 7.89. The molecule has 8 heteroatoms. The Bertz CT molecular complexity index is 818. The molecule has 1 unspecified atom stereocenters. The fraction of sp³-hybridized carbons (Fsp3) is 0.412. The van der Waals surface area contributed by atoms with Crippen molar-refractivity contribution >= 4 is 10.0 Å². The van der Waals surface area contributed by atoms with Gasteiger partial charge in [-0.2, -0.15) is 0 Å². The van der Waals surface area contributed by atoms with Crippen molar-refractivity contribution in [1.29, 1.82) is 0 Å². The van der Waals surface area contributed by atoms with E-state index < -0.39 is 15.8 Å². The van der Waals surface area contributed by atoms with E-state index in [-0.39, 0.29) is 23.2 Å². The van der Waals surface area contributed by atoms with Crippen LogP contribution in [-0.2, 0) is 17.1 Å². The Labute approximate surface area is 148 Å². The summed E-state index contributed by atoms with van der Waals surface area (Å²) in [5.74, 6) is -0.659. The first kappa shape index (κ1) is 19.4. The zero-order chi connectivity index (χ0) is 18.6. The van der Waals surface area contributed by atoms with Gasteiger partial charge >= 0.3 is 0 Å². The molecule has 0 saturated heterocycles. The number of nitrogens with zero attached hydrogens (tertiary/aromatic N) is 2. The third-order valence-corrected chi connectivity index (χ3v) is 5.35. The third kappa shape index (κ3) is 4.59. The zero-order valence-corrected chi connectivity index (χ0v) is 15.7. The zero-order valence-electron chi connectivity index (χ0n) is 14.9. The van der Waals surface area contributed by atoms with Crippen LogP contribution in [-0.4, -0.2) is 45.1 Å². The number of likely N-dealkylation sites (N-methyl/N-ethyl adjacent to an activating group) is 1. The average molecular weight is 369 g/mol. The summed E-state index contributed by atoms with van der Waals surface area (Å²) in [6.45, 7) is 2.21. The molecule has 6 nitrogen and oxygen atoms in total. The molecule has 0 bridgehead atoms. The molecule has 0 aliphatic rings. The molecule has 2 aromatic rings. The topological polar surface area (TPSA) is 63.6 Å².